The van der Waals surface area contributed by atoms with Crippen LogP contribution in [-0.4, -0.2) is 31.7 Å². The number of fused-ring (bicyclic) bond motifs is 1. The molecule has 1 aromatic heterocycles. The smallest absolute Gasteiger partial charge is 0.344 e. The van der Waals surface area contributed by atoms with Gasteiger partial charge in [0.15, 0.2) is 12.7 Å². The average Bonchev–Trinajstić information content (AvgIpc) is 2.72. The van der Waals surface area contributed by atoms with Crippen molar-refractivity contribution in [2.24, 2.45) is 0 Å². The van der Waals surface area contributed by atoms with Gasteiger partial charge in [-0.2, -0.15) is 0 Å². The van der Waals surface area contributed by atoms with Crippen LogP contribution in [0.3, 0.4) is 0 Å². The Morgan fingerprint density at radius 1 is 1.13 bits per heavy atom. The van der Waals surface area contributed by atoms with Gasteiger partial charge in [0.25, 0.3) is 5.91 Å². The monoisotopic (exact) mass is 411 g/mol. The van der Waals surface area contributed by atoms with Gasteiger partial charge in [-0.3, -0.25) is 4.79 Å². The molecule has 0 radical (unpaired) electrons. The number of carbonyl (C=O) groups excluding carboxylic acids is 2. The highest BCUT2D eigenvalue weighted by atomic mass is 16.6. The Labute approximate surface area is 172 Å². The zero-order chi connectivity index (χ0) is 21.7. The largest absolute Gasteiger partial charge is 0.495 e. The maximum atomic E-state index is 12.3. The maximum Gasteiger partial charge on any atom is 0.344 e. The van der Waals surface area contributed by atoms with Crippen LogP contribution in [0, 0.1) is 6.92 Å². The Morgan fingerprint density at radius 3 is 2.67 bits per heavy atom. The number of para-hydroxylation sites is 2. The number of ether oxygens (including phenoxy) is 3. The molecule has 0 saturated carbocycles. The van der Waals surface area contributed by atoms with Crippen molar-refractivity contribution in [2.45, 2.75) is 20.0 Å². The van der Waals surface area contributed by atoms with Crippen LogP contribution in [0.4, 0.5) is 5.69 Å². The standard InChI is InChI=1S/C22H21NO7/c1-13-10-20(24)30-19-11-15(8-9-16(13)19)28-12-21(25)29-14(2)22(26)23-17-6-4-5-7-18(17)27-3/h4-11,14H,12H2,1-3H3,(H,23,26)/t14-/m0/s1. The van der Waals surface area contributed by atoms with Crippen molar-refractivity contribution in [3.8, 4) is 11.5 Å². The third-order valence-electron chi connectivity index (χ3n) is 4.32. The van der Waals surface area contributed by atoms with Crippen molar-refractivity contribution in [3.05, 3.63) is 64.5 Å². The molecule has 3 rings (SSSR count). The molecule has 0 spiro atoms. The fourth-order valence-corrected chi connectivity index (χ4v) is 2.80. The van der Waals surface area contributed by atoms with Crippen molar-refractivity contribution < 1.29 is 28.2 Å². The third kappa shape index (κ3) is 4.96. The van der Waals surface area contributed by atoms with Gasteiger partial charge in [-0.05, 0) is 43.7 Å². The summed E-state index contributed by atoms with van der Waals surface area (Å²) < 4.78 is 20.8. The molecule has 2 aromatic carbocycles. The highest BCUT2D eigenvalue weighted by molar-refractivity contribution is 5.96. The fraction of sp³-hybridized carbons (Fsp3) is 0.227. The van der Waals surface area contributed by atoms with Crippen LogP contribution in [0.5, 0.6) is 11.5 Å². The number of amides is 1. The lowest BCUT2D eigenvalue weighted by Gasteiger charge is -2.15. The Balaban J connectivity index is 1.57. The van der Waals surface area contributed by atoms with Gasteiger partial charge in [0.2, 0.25) is 0 Å². The van der Waals surface area contributed by atoms with E-state index >= 15 is 0 Å². The van der Waals surface area contributed by atoms with Crippen LogP contribution < -0.4 is 20.4 Å². The SMILES string of the molecule is COc1ccccc1NC(=O)[C@H](C)OC(=O)COc1ccc2c(C)cc(=O)oc2c1. The summed E-state index contributed by atoms with van der Waals surface area (Å²) in [6.45, 7) is 2.85. The second-order valence-corrected chi connectivity index (χ2v) is 6.52. The number of aryl methyl sites for hydroxylation is 1. The molecule has 3 aromatic rings. The van der Waals surface area contributed by atoms with Crippen LogP contribution in [0.2, 0.25) is 0 Å². The lowest BCUT2D eigenvalue weighted by molar-refractivity contribution is -0.155. The number of benzene rings is 2. The molecule has 1 amide bonds. The summed E-state index contributed by atoms with van der Waals surface area (Å²) in [5.74, 6) is -0.399. The number of rotatable bonds is 7. The van der Waals surface area contributed by atoms with Crippen molar-refractivity contribution in [2.75, 3.05) is 19.0 Å². The molecule has 1 N–H and O–H groups in total. The number of carbonyl (C=O) groups is 2. The lowest BCUT2D eigenvalue weighted by atomic mass is 10.1. The van der Waals surface area contributed by atoms with Crippen molar-refractivity contribution >= 4 is 28.5 Å². The van der Waals surface area contributed by atoms with E-state index in [0.29, 0.717) is 22.8 Å². The minimum atomic E-state index is -1.04. The summed E-state index contributed by atoms with van der Waals surface area (Å²) in [4.78, 5) is 35.8. The number of esters is 1. The van der Waals surface area contributed by atoms with E-state index in [0.717, 1.165) is 10.9 Å². The van der Waals surface area contributed by atoms with Crippen molar-refractivity contribution in [1.82, 2.24) is 0 Å². The fourth-order valence-electron chi connectivity index (χ4n) is 2.80. The predicted octanol–water partition coefficient (Wildman–Crippen LogP) is 3.06. The molecule has 0 saturated heterocycles. The van der Waals surface area contributed by atoms with E-state index in [1.54, 1.807) is 43.3 Å². The van der Waals surface area contributed by atoms with E-state index in [-0.39, 0.29) is 0 Å². The molecule has 0 unspecified atom stereocenters. The Kier molecular flexibility index (Phi) is 6.36. The molecule has 1 atom stereocenters. The van der Waals surface area contributed by atoms with Crippen LogP contribution in [0.25, 0.3) is 11.0 Å². The Morgan fingerprint density at radius 2 is 1.90 bits per heavy atom. The molecule has 30 heavy (non-hydrogen) atoms. The summed E-state index contributed by atoms with van der Waals surface area (Å²) in [6.07, 6.45) is -1.04. The topological polar surface area (TPSA) is 104 Å². The van der Waals surface area contributed by atoms with Gasteiger partial charge in [0, 0.05) is 17.5 Å². The van der Waals surface area contributed by atoms with Crippen LogP contribution in [0.1, 0.15) is 12.5 Å². The number of methoxy groups -OCH3 is 1. The van der Waals surface area contributed by atoms with Crippen LogP contribution in [-0.2, 0) is 14.3 Å². The van der Waals surface area contributed by atoms with Gasteiger partial charge < -0.3 is 23.9 Å². The minimum absolute atomic E-state index is 0.333. The molecule has 8 heteroatoms. The first kappa shape index (κ1) is 20.9. The van der Waals surface area contributed by atoms with E-state index in [4.69, 9.17) is 18.6 Å². The van der Waals surface area contributed by atoms with Gasteiger partial charge in [-0.1, -0.05) is 12.1 Å². The van der Waals surface area contributed by atoms with Crippen LogP contribution in [0.15, 0.2) is 57.7 Å². The molecular weight excluding hydrogens is 390 g/mol. The van der Waals surface area contributed by atoms with Crippen molar-refractivity contribution in [1.29, 1.82) is 0 Å². The molecule has 0 aliphatic heterocycles. The van der Waals surface area contributed by atoms with E-state index in [1.165, 1.54) is 26.2 Å². The molecule has 8 nitrogen and oxygen atoms in total. The summed E-state index contributed by atoms with van der Waals surface area (Å²) in [7, 11) is 1.49. The number of hydrogen-bond acceptors (Lipinski definition) is 7. The van der Waals surface area contributed by atoms with E-state index < -0.39 is 30.2 Å². The summed E-state index contributed by atoms with van der Waals surface area (Å²) in [5.41, 5.74) is 1.14. The zero-order valence-electron chi connectivity index (χ0n) is 16.8. The highest BCUT2D eigenvalue weighted by Crippen LogP contribution is 2.24. The molecule has 0 bridgehead atoms. The number of hydrogen-bond donors (Lipinski definition) is 1. The Hall–Kier alpha value is -3.81. The first-order valence-electron chi connectivity index (χ1n) is 9.18. The second kappa shape index (κ2) is 9.13. The van der Waals surface area contributed by atoms with Gasteiger partial charge in [0.05, 0.1) is 12.8 Å². The van der Waals surface area contributed by atoms with Gasteiger partial charge in [-0.15, -0.1) is 0 Å². The van der Waals surface area contributed by atoms with Gasteiger partial charge >= 0.3 is 11.6 Å². The zero-order valence-corrected chi connectivity index (χ0v) is 16.8. The number of anilines is 1. The molecule has 0 fully saturated rings. The number of nitrogens with one attached hydrogen (secondary N) is 1. The molecule has 0 aliphatic carbocycles. The summed E-state index contributed by atoms with van der Waals surface area (Å²) in [6, 6.07) is 13.2. The molecular formula is C22H21NO7. The van der Waals surface area contributed by atoms with E-state index in [2.05, 4.69) is 5.32 Å². The van der Waals surface area contributed by atoms with E-state index in [9.17, 15) is 14.4 Å². The predicted molar refractivity (Wildman–Crippen MR) is 110 cm³/mol. The quantitative estimate of drug-likeness (QED) is 0.471. The van der Waals surface area contributed by atoms with E-state index in [1.807, 2.05) is 0 Å². The minimum Gasteiger partial charge on any atom is -0.495 e. The third-order valence-corrected chi connectivity index (χ3v) is 4.32. The molecule has 0 aliphatic rings. The Bertz CT molecular complexity index is 1140. The molecule has 1 heterocycles. The van der Waals surface area contributed by atoms with Crippen molar-refractivity contribution in [3.63, 3.8) is 0 Å². The van der Waals surface area contributed by atoms with Gasteiger partial charge in [-0.25, -0.2) is 9.59 Å². The second-order valence-electron chi connectivity index (χ2n) is 6.52. The highest BCUT2D eigenvalue weighted by Gasteiger charge is 2.19. The summed E-state index contributed by atoms with van der Waals surface area (Å²) >= 11 is 0. The first-order chi connectivity index (χ1) is 14.4. The maximum absolute atomic E-state index is 12.3. The van der Waals surface area contributed by atoms with Crippen LogP contribution >= 0.6 is 0 Å². The average molecular weight is 411 g/mol. The first-order valence-corrected chi connectivity index (χ1v) is 9.18. The van der Waals surface area contributed by atoms with Gasteiger partial charge in [0.1, 0.15) is 17.1 Å². The lowest BCUT2D eigenvalue weighted by Crippen LogP contribution is -2.31. The normalized spacial score (nSPS) is 11.6. The molecule has 156 valence electrons. The summed E-state index contributed by atoms with van der Waals surface area (Å²) in [5, 5.41) is 3.42.